The molecule has 0 saturated carbocycles. The van der Waals surface area contributed by atoms with E-state index in [0.717, 1.165) is 6.07 Å². The lowest BCUT2D eigenvalue weighted by Crippen LogP contribution is -2.11. The minimum absolute atomic E-state index is 0.121. The Morgan fingerprint density at radius 1 is 1.24 bits per heavy atom. The molecule has 0 radical (unpaired) electrons. The fraction of sp³-hybridized carbons (Fsp3) is 0.0667. The number of non-ortho nitro benzene ring substituents is 1. The molecule has 21 heavy (non-hydrogen) atoms. The zero-order valence-electron chi connectivity index (χ0n) is 10.7. The molecule has 0 aliphatic carbocycles. The number of carbonyl (C=O) groups excluding carboxylic acids is 1. The van der Waals surface area contributed by atoms with E-state index in [1.54, 1.807) is 18.2 Å². The third-order valence-electron chi connectivity index (χ3n) is 2.91. The summed E-state index contributed by atoms with van der Waals surface area (Å²) < 4.78 is 0. The first-order chi connectivity index (χ1) is 10.0. The highest BCUT2D eigenvalue weighted by atomic mass is 35.5. The summed E-state index contributed by atoms with van der Waals surface area (Å²) in [6, 6.07) is 13.7. The van der Waals surface area contributed by atoms with Crippen molar-refractivity contribution < 1.29 is 9.72 Å². The molecular formula is C15H9ClN2O3. The minimum atomic E-state index is -1.05. The van der Waals surface area contributed by atoms with Crippen molar-refractivity contribution >= 4 is 23.1 Å². The van der Waals surface area contributed by atoms with Crippen molar-refractivity contribution in [1.29, 1.82) is 5.26 Å². The number of Topliss-reactive ketones (excluding diaryl/α,β-unsaturated/α-hetero) is 1. The average molecular weight is 301 g/mol. The molecule has 2 aromatic carbocycles. The van der Waals surface area contributed by atoms with E-state index in [1.807, 2.05) is 6.07 Å². The molecule has 2 rings (SSSR count). The van der Waals surface area contributed by atoms with Gasteiger partial charge in [0.25, 0.3) is 5.69 Å². The Morgan fingerprint density at radius 3 is 2.57 bits per heavy atom. The summed E-state index contributed by atoms with van der Waals surface area (Å²) in [7, 11) is 0. The lowest BCUT2D eigenvalue weighted by atomic mass is 9.92. The van der Waals surface area contributed by atoms with Gasteiger partial charge in [0.2, 0.25) is 0 Å². The first kappa shape index (κ1) is 14.7. The molecule has 6 heteroatoms. The van der Waals surface area contributed by atoms with Crippen LogP contribution >= 0.6 is 11.6 Å². The summed E-state index contributed by atoms with van der Waals surface area (Å²) in [4.78, 5) is 22.5. The third kappa shape index (κ3) is 3.25. The van der Waals surface area contributed by atoms with Gasteiger partial charge in [-0.3, -0.25) is 14.9 Å². The minimum Gasteiger partial charge on any atom is -0.292 e. The van der Waals surface area contributed by atoms with Gasteiger partial charge >= 0.3 is 0 Å². The number of nitriles is 1. The van der Waals surface area contributed by atoms with Gasteiger partial charge in [-0.1, -0.05) is 35.9 Å². The molecule has 0 fully saturated rings. The zero-order chi connectivity index (χ0) is 15.4. The van der Waals surface area contributed by atoms with E-state index in [9.17, 15) is 20.2 Å². The van der Waals surface area contributed by atoms with Gasteiger partial charge < -0.3 is 0 Å². The van der Waals surface area contributed by atoms with Crippen molar-refractivity contribution in [1.82, 2.24) is 0 Å². The fourth-order valence-corrected chi connectivity index (χ4v) is 2.11. The van der Waals surface area contributed by atoms with Crippen LogP contribution in [0.2, 0.25) is 5.02 Å². The second-order valence-electron chi connectivity index (χ2n) is 4.29. The van der Waals surface area contributed by atoms with Gasteiger partial charge in [-0.2, -0.15) is 5.26 Å². The number of ketones is 1. The Labute approximate surface area is 125 Å². The number of carbonyl (C=O) groups is 1. The lowest BCUT2D eigenvalue weighted by molar-refractivity contribution is -0.384. The SMILES string of the molecule is N#CC(C(=O)c1cccc([N+](=O)[O-])c1)c1cccc(Cl)c1. The van der Waals surface area contributed by atoms with Crippen molar-refractivity contribution in [2.75, 3.05) is 0 Å². The Hall–Kier alpha value is -2.71. The number of halogens is 1. The topological polar surface area (TPSA) is 84.0 Å². The van der Waals surface area contributed by atoms with Gasteiger partial charge in [0, 0.05) is 22.7 Å². The van der Waals surface area contributed by atoms with Gasteiger partial charge in [-0.25, -0.2) is 0 Å². The predicted molar refractivity (Wildman–Crippen MR) is 77.2 cm³/mol. The third-order valence-corrected chi connectivity index (χ3v) is 3.15. The molecule has 1 unspecified atom stereocenters. The van der Waals surface area contributed by atoms with E-state index < -0.39 is 16.6 Å². The van der Waals surface area contributed by atoms with Crippen LogP contribution in [0.25, 0.3) is 0 Å². The second-order valence-corrected chi connectivity index (χ2v) is 4.73. The van der Waals surface area contributed by atoms with Gasteiger partial charge in [0.1, 0.15) is 5.92 Å². The number of rotatable bonds is 4. The Kier molecular flexibility index (Phi) is 4.31. The highest BCUT2D eigenvalue weighted by Crippen LogP contribution is 2.24. The number of benzene rings is 2. The molecule has 0 N–H and O–H groups in total. The van der Waals surface area contributed by atoms with E-state index in [1.165, 1.54) is 24.3 Å². The van der Waals surface area contributed by atoms with Gasteiger partial charge in [-0.05, 0) is 17.7 Å². The average Bonchev–Trinajstić information content (AvgIpc) is 2.48. The largest absolute Gasteiger partial charge is 0.292 e. The van der Waals surface area contributed by atoms with E-state index in [-0.39, 0.29) is 11.3 Å². The smallest absolute Gasteiger partial charge is 0.270 e. The molecule has 0 aliphatic rings. The molecule has 0 bridgehead atoms. The normalized spacial score (nSPS) is 11.4. The van der Waals surface area contributed by atoms with E-state index >= 15 is 0 Å². The van der Waals surface area contributed by atoms with Crippen LogP contribution in [0.4, 0.5) is 5.69 Å². The quantitative estimate of drug-likeness (QED) is 0.489. The fourth-order valence-electron chi connectivity index (χ4n) is 1.91. The van der Waals surface area contributed by atoms with Crippen LogP contribution in [0.5, 0.6) is 0 Å². The number of hydrogen-bond donors (Lipinski definition) is 0. The van der Waals surface area contributed by atoms with E-state index in [4.69, 9.17) is 11.6 Å². The Morgan fingerprint density at radius 2 is 1.95 bits per heavy atom. The highest BCUT2D eigenvalue weighted by molar-refractivity contribution is 6.30. The Balaban J connectivity index is 2.40. The van der Waals surface area contributed by atoms with Crippen molar-refractivity contribution in [3.63, 3.8) is 0 Å². The lowest BCUT2D eigenvalue weighted by Gasteiger charge is -2.09. The summed E-state index contributed by atoms with van der Waals surface area (Å²) >= 11 is 5.85. The monoisotopic (exact) mass is 300 g/mol. The maximum absolute atomic E-state index is 12.4. The van der Waals surface area contributed by atoms with Crippen molar-refractivity contribution in [3.05, 3.63) is 74.8 Å². The van der Waals surface area contributed by atoms with E-state index in [2.05, 4.69) is 0 Å². The molecule has 104 valence electrons. The zero-order valence-corrected chi connectivity index (χ0v) is 11.4. The van der Waals surface area contributed by atoms with E-state index in [0.29, 0.717) is 10.6 Å². The maximum atomic E-state index is 12.4. The molecule has 0 spiro atoms. The summed E-state index contributed by atoms with van der Waals surface area (Å²) in [5.41, 5.74) is 0.390. The summed E-state index contributed by atoms with van der Waals surface area (Å²) in [5.74, 6) is -1.55. The van der Waals surface area contributed by atoms with Crippen LogP contribution in [-0.2, 0) is 0 Å². The first-order valence-corrected chi connectivity index (χ1v) is 6.34. The van der Waals surface area contributed by atoms with Gasteiger partial charge in [0.05, 0.1) is 11.0 Å². The van der Waals surface area contributed by atoms with Crippen LogP contribution in [0.3, 0.4) is 0 Å². The molecule has 0 aliphatic heterocycles. The Bertz CT molecular complexity index is 753. The summed E-state index contributed by atoms with van der Waals surface area (Å²) in [6.45, 7) is 0. The second kappa shape index (κ2) is 6.16. The first-order valence-electron chi connectivity index (χ1n) is 5.96. The predicted octanol–water partition coefficient (Wildman–Crippen LogP) is 3.74. The number of hydrogen-bond acceptors (Lipinski definition) is 4. The molecule has 0 aromatic heterocycles. The standard InChI is InChI=1S/C15H9ClN2O3/c16-12-5-1-3-10(7-12)14(9-17)15(19)11-4-2-6-13(8-11)18(20)21/h1-8,14H. The highest BCUT2D eigenvalue weighted by Gasteiger charge is 2.23. The molecule has 0 amide bonds. The summed E-state index contributed by atoms with van der Waals surface area (Å²) in [6.07, 6.45) is 0. The van der Waals surface area contributed by atoms with Crippen LogP contribution < -0.4 is 0 Å². The molecular weight excluding hydrogens is 292 g/mol. The number of nitro groups is 1. The molecule has 5 nitrogen and oxygen atoms in total. The van der Waals surface area contributed by atoms with Crippen LogP contribution in [0, 0.1) is 21.4 Å². The van der Waals surface area contributed by atoms with Crippen molar-refractivity contribution in [2.24, 2.45) is 0 Å². The van der Waals surface area contributed by atoms with Crippen molar-refractivity contribution in [3.8, 4) is 6.07 Å². The summed E-state index contributed by atoms with van der Waals surface area (Å²) in [5, 5.41) is 20.4. The van der Waals surface area contributed by atoms with Crippen LogP contribution in [-0.4, -0.2) is 10.7 Å². The van der Waals surface area contributed by atoms with Crippen LogP contribution in [0.1, 0.15) is 21.8 Å². The molecule has 2 aromatic rings. The van der Waals surface area contributed by atoms with Crippen molar-refractivity contribution in [2.45, 2.75) is 5.92 Å². The number of nitro benzene ring substituents is 1. The molecule has 0 heterocycles. The molecule has 1 atom stereocenters. The maximum Gasteiger partial charge on any atom is 0.270 e. The number of nitrogens with zero attached hydrogens (tertiary/aromatic N) is 2. The van der Waals surface area contributed by atoms with Crippen LogP contribution in [0.15, 0.2) is 48.5 Å². The van der Waals surface area contributed by atoms with Gasteiger partial charge in [0.15, 0.2) is 5.78 Å². The molecule has 0 saturated heterocycles. The van der Waals surface area contributed by atoms with Gasteiger partial charge in [-0.15, -0.1) is 0 Å².